The van der Waals surface area contributed by atoms with Crippen LogP contribution in [-0.2, 0) is 9.59 Å². The van der Waals surface area contributed by atoms with Gasteiger partial charge in [0.15, 0.2) is 0 Å². The van der Waals surface area contributed by atoms with E-state index in [0.29, 0.717) is 12.2 Å². The molecule has 1 heterocycles. The van der Waals surface area contributed by atoms with E-state index in [-0.39, 0.29) is 36.0 Å². The summed E-state index contributed by atoms with van der Waals surface area (Å²) in [6.45, 7) is 0.417. The van der Waals surface area contributed by atoms with Crippen molar-refractivity contribution < 1.29 is 14.0 Å². The van der Waals surface area contributed by atoms with Gasteiger partial charge in [-0.1, -0.05) is 25.3 Å². The van der Waals surface area contributed by atoms with Crippen LogP contribution in [0.2, 0.25) is 0 Å². The molecule has 5 heteroatoms. The van der Waals surface area contributed by atoms with Gasteiger partial charge in [0.25, 0.3) is 0 Å². The van der Waals surface area contributed by atoms with Gasteiger partial charge in [-0.05, 0) is 31.0 Å². The fourth-order valence-corrected chi connectivity index (χ4v) is 3.38. The third-order valence-corrected chi connectivity index (χ3v) is 4.57. The van der Waals surface area contributed by atoms with Crippen molar-refractivity contribution in [3.63, 3.8) is 0 Å². The van der Waals surface area contributed by atoms with Crippen molar-refractivity contribution in [2.45, 2.75) is 44.6 Å². The number of amides is 2. The van der Waals surface area contributed by atoms with Gasteiger partial charge in [-0.2, -0.15) is 0 Å². The Hall–Kier alpha value is -1.91. The molecule has 1 aliphatic carbocycles. The Kier molecular flexibility index (Phi) is 4.41. The number of carbonyl (C=O) groups is 2. The maximum absolute atomic E-state index is 13.3. The maximum Gasteiger partial charge on any atom is 0.229 e. The summed E-state index contributed by atoms with van der Waals surface area (Å²) in [6.07, 6.45) is 5.60. The van der Waals surface area contributed by atoms with Crippen LogP contribution in [0.1, 0.15) is 38.5 Å². The molecule has 1 N–H and O–H groups in total. The lowest BCUT2D eigenvalue weighted by Crippen LogP contribution is -2.41. The molecule has 22 heavy (non-hydrogen) atoms. The van der Waals surface area contributed by atoms with Crippen LogP contribution in [0.3, 0.4) is 0 Å². The number of halogens is 1. The first-order valence-electron chi connectivity index (χ1n) is 8.00. The minimum absolute atomic E-state index is 0.0681. The minimum Gasteiger partial charge on any atom is -0.351 e. The molecule has 2 amide bonds. The highest BCUT2D eigenvalue weighted by atomic mass is 19.1. The molecular formula is C17H21FN2O2. The van der Waals surface area contributed by atoms with E-state index in [1.54, 1.807) is 17.0 Å². The molecule has 3 rings (SSSR count). The number of carbonyl (C=O) groups excluding carboxylic acids is 2. The highest BCUT2D eigenvalue weighted by molar-refractivity contribution is 5.96. The second-order valence-corrected chi connectivity index (χ2v) is 6.23. The van der Waals surface area contributed by atoms with Crippen molar-refractivity contribution in [3.05, 3.63) is 30.1 Å². The monoisotopic (exact) mass is 304 g/mol. The number of nitrogens with zero attached hydrogens (tertiary/aromatic N) is 1. The van der Waals surface area contributed by atoms with Gasteiger partial charge in [-0.25, -0.2) is 4.39 Å². The molecule has 1 aromatic rings. The van der Waals surface area contributed by atoms with Crippen LogP contribution < -0.4 is 10.2 Å². The molecule has 0 bridgehead atoms. The van der Waals surface area contributed by atoms with Crippen LogP contribution in [-0.4, -0.2) is 24.4 Å². The normalized spacial score (nSPS) is 22.9. The van der Waals surface area contributed by atoms with E-state index in [1.807, 2.05) is 0 Å². The summed E-state index contributed by atoms with van der Waals surface area (Å²) in [6, 6.07) is 5.83. The summed E-state index contributed by atoms with van der Waals surface area (Å²) in [5.41, 5.74) is 0.555. The Morgan fingerprint density at radius 2 is 2.00 bits per heavy atom. The lowest BCUT2D eigenvalue weighted by molar-refractivity contribution is -0.126. The fraction of sp³-hybridized carbons (Fsp3) is 0.529. The highest BCUT2D eigenvalue weighted by Gasteiger charge is 2.33. The Morgan fingerprint density at radius 3 is 2.73 bits per heavy atom. The molecule has 0 radical (unpaired) electrons. The Labute approximate surface area is 129 Å². The molecule has 0 aromatic heterocycles. The van der Waals surface area contributed by atoms with E-state index in [0.717, 1.165) is 25.7 Å². The zero-order chi connectivity index (χ0) is 15.5. The first-order chi connectivity index (χ1) is 10.6. The zero-order valence-corrected chi connectivity index (χ0v) is 12.6. The molecule has 118 valence electrons. The minimum atomic E-state index is -0.361. The van der Waals surface area contributed by atoms with E-state index in [2.05, 4.69) is 5.32 Å². The van der Waals surface area contributed by atoms with Crippen molar-refractivity contribution in [1.82, 2.24) is 5.32 Å². The van der Waals surface area contributed by atoms with Gasteiger partial charge in [0.1, 0.15) is 5.82 Å². The molecule has 2 aliphatic rings. The van der Waals surface area contributed by atoms with E-state index in [4.69, 9.17) is 0 Å². The molecule has 0 unspecified atom stereocenters. The summed E-state index contributed by atoms with van der Waals surface area (Å²) in [4.78, 5) is 25.9. The predicted octanol–water partition coefficient (Wildman–Crippen LogP) is 2.63. The van der Waals surface area contributed by atoms with E-state index in [9.17, 15) is 14.0 Å². The van der Waals surface area contributed by atoms with Crippen molar-refractivity contribution in [2.24, 2.45) is 5.92 Å². The Morgan fingerprint density at radius 1 is 1.23 bits per heavy atom. The van der Waals surface area contributed by atoms with Gasteiger partial charge in [0.05, 0.1) is 6.04 Å². The van der Waals surface area contributed by atoms with Crippen LogP contribution in [0, 0.1) is 11.7 Å². The van der Waals surface area contributed by atoms with Gasteiger partial charge in [-0.15, -0.1) is 0 Å². The second-order valence-electron chi connectivity index (χ2n) is 6.23. The predicted molar refractivity (Wildman–Crippen MR) is 81.9 cm³/mol. The summed E-state index contributed by atoms with van der Waals surface area (Å²) in [5.74, 6) is -0.273. The second kappa shape index (κ2) is 6.46. The van der Waals surface area contributed by atoms with Crippen molar-refractivity contribution >= 4 is 17.5 Å². The molecule has 1 saturated heterocycles. The zero-order valence-electron chi connectivity index (χ0n) is 12.6. The molecule has 2 fully saturated rings. The Balaban J connectivity index is 1.61. The molecular weight excluding hydrogens is 283 g/mol. The summed E-state index contributed by atoms with van der Waals surface area (Å²) in [7, 11) is 0. The number of rotatable bonds is 3. The highest BCUT2D eigenvalue weighted by Crippen LogP contribution is 2.25. The van der Waals surface area contributed by atoms with Gasteiger partial charge in [-0.3, -0.25) is 9.59 Å². The average Bonchev–Trinajstić information content (AvgIpc) is 2.88. The first kappa shape index (κ1) is 15.0. The standard InChI is InChI=1S/C17H21FN2O2/c18-13-7-4-8-15(9-13)20-11-14(10-16(20)21)19-17(22)12-5-2-1-3-6-12/h4,7-9,12,14H,1-3,5-6,10-11H2,(H,19,22)/t14-/m0/s1. The van der Waals surface area contributed by atoms with Gasteiger partial charge >= 0.3 is 0 Å². The maximum atomic E-state index is 13.3. The summed E-state index contributed by atoms with van der Waals surface area (Å²) in [5, 5.41) is 3.00. The number of nitrogens with one attached hydrogen (secondary N) is 1. The number of anilines is 1. The number of hydrogen-bond donors (Lipinski definition) is 1. The molecule has 1 saturated carbocycles. The van der Waals surface area contributed by atoms with Crippen LogP contribution in [0.25, 0.3) is 0 Å². The van der Waals surface area contributed by atoms with E-state index >= 15 is 0 Å². The summed E-state index contributed by atoms with van der Waals surface area (Å²) >= 11 is 0. The molecule has 0 spiro atoms. The number of benzene rings is 1. The average molecular weight is 304 g/mol. The lowest BCUT2D eigenvalue weighted by Gasteiger charge is -2.23. The molecule has 1 atom stereocenters. The van der Waals surface area contributed by atoms with Crippen molar-refractivity contribution in [3.8, 4) is 0 Å². The fourth-order valence-electron chi connectivity index (χ4n) is 3.38. The van der Waals surface area contributed by atoms with E-state index in [1.165, 1.54) is 18.6 Å². The quantitative estimate of drug-likeness (QED) is 0.933. The topological polar surface area (TPSA) is 49.4 Å². The van der Waals surface area contributed by atoms with Crippen LogP contribution in [0.5, 0.6) is 0 Å². The summed E-state index contributed by atoms with van der Waals surface area (Å²) < 4.78 is 13.3. The van der Waals surface area contributed by atoms with Crippen molar-refractivity contribution in [2.75, 3.05) is 11.4 Å². The largest absolute Gasteiger partial charge is 0.351 e. The van der Waals surface area contributed by atoms with Crippen LogP contribution in [0.4, 0.5) is 10.1 Å². The molecule has 4 nitrogen and oxygen atoms in total. The van der Waals surface area contributed by atoms with Crippen LogP contribution >= 0.6 is 0 Å². The van der Waals surface area contributed by atoms with Gasteiger partial charge in [0, 0.05) is 24.6 Å². The Bertz CT molecular complexity index is 570. The molecule has 1 aliphatic heterocycles. The van der Waals surface area contributed by atoms with Gasteiger partial charge in [0.2, 0.25) is 11.8 Å². The number of hydrogen-bond acceptors (Lipinski definition) is 2. The van der Waals surface area contributed by atoms with Crippen LogP contribution in [0.15, 0.2) is 24.3 Å². The van der Waals surface area contributed by atoms with E-state index < -0.39 is 0 Å². The molecule has 1 aromatic carbocycles. The third kappa shape index (κ3) is 3.29. The van der Waals surface area contributed by atoms with Gasteiger partial charge < -0.3 is 10.2 Å². The smallest absolute Gasteiger partial charge is 0.229 e. The first-order valence-corrected chi connectivity index (χ1v) is 8.00. The lowest BCUT2D eigenvalue weighted by atomic mass is 9.88. The van der Waals surface area contributed by atoms with Crippen molar-refractivity contribution in [1.29, 1.82) is 0 Å². The SMILES string of the molecule is O=C(N[C@H]1CC(=O)N(c2cccc(F)c2)C1)C1CCCCC1. The third-order valence-electron chi connectivity index (χ3n) is 4.57.